The van der Waals surface area contributed by atoms with Crippen molar-refractivity contribution in [2.75, 3.05) is 6.54 Å². The van der Waals surface area contributed by atoms with Gasteiger partial charge in [-0.1, -0.05) is 47.1 Å². The minimum absolute atomic E-state index is 0.174. The van der Waals surface area contributed by atoms with Crippen LogP contribution in [0.2, 0.25) is 0 Å². The highest BCUT2D eigenvalue weighted by atomic mass is 79.9. The lowest BCUT2D eigenvalue weighted by molar-refractivity contribution is 0.527. The highest BCUT2D eigenvalue weighted by Gasteiger charge is 2.11. The van der Waals surface area contributed by atoms with Gasteiger partial charge in [0.2, 0.25) is 0 Å². The number of nitrogens with one attached hydrogen (secondary N) is 1. The highest BCUT2D eigenvalue weighted by Crippen LogP contribution is 2.21. The summed E-state index contributed by atoms with van der Waals surface area (Å²) in [6.45, 7) is 3.10. The van der Waals surface area contributed by atoms with E-state index in [1.165, 1.54) is 11.6 Å². The Balaban J connectivity index is 2.16. The molecule has 20 heavy (non-hydrogen) atoms. The summed E-state index contributed by atoms with van der Waals surface area (Å²) in [7, 11) is 0. The van der Waals surface area contributed by atoms with Gasteiger partial charge < -0.3 is 5.32 Å². The van der Waals surface area contributed by atoms with Crippen LogP contribution in [0.25, 0.3) is 0 Å². The van der Waals surface area contributed by atoms with Gasteiger partial charge in [0.25, 0.3) is 0 Å². The zero-order valence-corrected chi connectivity index (χ0v) is 13.2. The van der Waals surface area contributed by atoms with Gasteiger partial charge in [0.15, 0.2) is 0 Å². The molecule has 0 spiro atoms. The van der Waals surface area contributed by atoms with Gasteiger partial charge in [-0.2, -0.15) is 0 Å². The quantitative estimate of drug-likeness (QED) is 0.793. The number of hydrogen-bond acceptors (Lipinski definition) is 1. The molecule has 2 aromatic carbocycles. The van der Waals surface area contributed by atoms with Gasteiger partial charge in [0, 0.05) is 10.5 Å². The van der Waals surface area contributed by atoms with E-state index in [0.29, 0.717) is 0 Å². The number of benzene rings is 2. The normalized spacial score (nSPS) is 12.3. The van der Waals surface area contributed by atoms with Crippen LogP contribution in [0, 0.1) is 5.82 Å². The summed E-state index contributed by atoms with van der Waals surface area (Å²) in [4.78, 5) is 0. The fourth-order valence-electron chi connectivity index (χ4n) is 2.22. The summed E-state index contributed by atoms with van der Waals surface area (Å²) in [5.74, 6) is -0.174. The molecule has 1 unspecified atom stereocenters. The Bertz CT molecular complexity index is 539. The smallest absolute Gasteiger partial charge is 0.123 e. The molecule has 3 heteroatoms. The Labute approximate surface area is 128 Å². The molecule has 1 N–H and O–H groups in total. The topological polar surface area (TPSA) is 12.0 Å². The molecule has 1 nitrogen and oxygen atoms in total. The van der Waals surface area contributed by atoms with Gasteiger partial charge in [0.1, 0.15) is 5.82 Å². The summed E-state index contributed by atoms with van der Waals surface area (Å²) >= 11 is 3.45. The third-order valence-corrected chi connectivity index (χ3v) is 3.77. The molecular weight excluding hydrogens is 317 g/mol. The molecule has 0 saturated carbocycles. The molecule has 0 aliphatic heterocycles. The predicted octanol–water partition coefficient (Wildman–Crippen LogP) is 4.87. The summed E-state index contributed by atoms with van der Waals surface area (Å²) in [5.41, 5.74) is 2.24. The van der Waals surface area contributed by atoms with Crippen LogP contribution in [0.15, 0.2) is 53.0 Å². The van der Waals surface area contributed by atoms with Crippen molar-refractivity contribution < 1.29 is 4.39 Å². The van der Waals surface area contributed by atoms with Crippen LogP contribution in [0.1, 0.15) is 30.5 Å². The lowest BCUT2D eigenvalue weighted by Gasteiger charge is -2.19. The summed E-state index contributed by atoms with van der Waals surface area (Å²) < 4.78 is 14.4. The molecule has 0 fully saturated rings. The SMILES string of the molecule is CCCNC(Cc1cccc(F)c1)c1ccc(Br)cc1. The van der Waals surface area contributed by atoms with Crippen molar-refractivity contribution in [3.05, 3.63) is 69.9 Å². The first-order valence-electron chi connectivity index (χ1n) is 6.92. The van der Waals surface area contributed by atoms with Crippen LogP contribution in [0.3, 0.4) is 0 Å². The first kappa shape index (κ1) is 15.2. The maximum absolute atomic E-state index is 13.3. The zero-order chi connectivity index (χ0) is 14.4. The van der Waals surface area contributed by atoms with Crippen LogP contribution in [-0.2, 0) is 6.42 Å². The fraction of sp³-hybridized carbons (Fsp3) is 0.294. The van der Waals surface area contributed by atoms with E-state index in [4.69, 9.17) is 0 Å². The Morgan fingerprint density at radius 1 is 1.15 bits per heavy atom. The minimum Gasteiger partial charge on any atom is -0.310 e. The van der Waals surface area contributed by atoms with Crippen molar-refractivity contribution in [3.63, 3.8) is 0 Å². The second kappa shape index (κ2) is 7.55. The van der Waals surface area contributed by atoms with Crippen LogP contribution in [0.5, 0.6) is 0 Å². The molecule has 0 saturated heterocycles. The van der Waals surface area contributed by atoms with E-state index < -0.39 is 0 Å². The standard InChI is InChI=1S/C17H19BrFN/c1-2-10-20-17(14-6-8-15(18)9-7-14)12-13-4-3-5-16(19)11-13/h3-9,11,17,20H,2,10,12H2,1H3. The number of hydrogen-bond donors (Lipinski definition) is 1. The second-order valence-corrected chi connectivity index (χ2v) is 5.81. The van der Waals surface area contributed by atoms with Crippen LogP contribution >= 0.6 is 15.9 Å². The Morgan fingerprint density at radius 2 is 1.90 bits per heavy atom. The van der Waals surface area contributed by atoms with E-state index >= 15 is 0 Å². The Morgan fingerprint density at radius 3 is 2.55 bits per heavy atom. The van der Waals surface area contributed by atoms with Gasteiger partial charge >= 0.3 is 0 Å². The fourth-order valence-corrected chi connectivity index (χ4v) is 2.49. The highest BCUT2D eigenvalue weighted by molar-refractivity contribution is 9.10. The zero-order valence-electron chi connectivity index (χ0n) is 11.6. The average Bonchev–Trinajstić information content (AvgIpc) is 2.44. The first-order chi connectivity index (χ1) is 9.69. The molecule has 0 aromatic heterocycles. The molecule has 0 aliphatic rings. The van der Waals surface area contributed by atoms with Crippen LogP contribution < -0.4 is 5.32 Å². The van der Waals surface area contributed by atoms with E-state index in [1.807, 2.05) is 18.2 Å². The average molecular weight is 336 g/mol. The maximum atomic E-state index is 13.3. The van der Waals surface area contributed by atoms with E-state index in [0.717, 1.165) is 29.4 Å². The van der Waals surface area contributed by atoms with Crippen molar-refractivity contribution in [1.29, 1.82) is 0 Å². The van der Waals surface area contributed by atoms with E-state index in [-0.39, 0.29) is 11.9 Å². The minimum atomic E-state index is -0.174. The number of rotatable bonds is 6. The first-order valence-corrected chi connectivity index (χ1v) is 7.71. The predicted molar refractivity (Wildman–Crippen MR) is 85.3 cm³/mol. The van der Waals surface area contributed by atoms with E-state index in [1.54, 1.807) is 12.1 Å². The largest absolute Gasteiger partial charge is 0.310 e. The molecule has 0 radical (unpaired) electrons. The van der Waals surface area contributed by atoms with E-state index in [2.05, 4.69) is 40.3 Å². The third kappa shape index (κ3) is 4.43. The summed E-state index contributed by atoms with van der Waals surface area (Å²) in [6, 6.07) is 15.4. The van der Waals surface area contributed by atoms with Gasteiger partial charge in [-0.3, -0.25) is 0 Å². The molecule has 0 aliphatic carbocycles. The molecule has 2 rings (SSSR count). The Hall–Kier alpha value is -1.19. The van der Waals surface area contributed by atoms with Gasteiger partial charge in [-0.15, -0.1) is 0 Å². The van der Waals surface area contributed by atoms with Crippen LogP contribution in [0.4, 0.5) is 4.39 Å². The lowest BCUT2D eigenvalue weighted by atomic mass is 9.98. The van der Waals surface area contributed by atoms with Crippen molar-refractivity contribution in [3.8, 4) is 0 Å². The van der Waals surface area contributed by atoms with Gasteiger partial charge in [-0.25, -0.2) is 4.39 Å². The van der Waals surface area contributed by atoms with Crippen molar-refractivity contribution >= 4 is 15.9 Å². The van der Waals surface area contributed by atoms with Gasteiger partial charge in [-0.05, 0) is 54.8 Å². The molecule has 0 bridgehead atoms. The summed E-state index contributed by atoms with van der Waals surface area (Å²) in [5, 5.41) is 3.54. The maximum Gasteiger partial charge on any atom is 0.123 e. The third-order valence-electron chi connectivity index (χ3n) is 3.24. The molecular formula is C17H19BrFN. The number of halogens is 2. The van der Waals surface area contributed by atoms with Gasteiger partial charge in [0.05, 0.1) is 0 Å². The molecule has 2 aromatic rings. The van der Waals surface area contributed by atoms with Crippen LogP contribution in [-0.4, -0.2) is 6.54 Å². The monoisotopic (exact) mass is 335 g/mol. The Kier molecular flexibility index (Phi) is 5.74. The van der Waals surface area contributed by atoms with Crippen molar-refractivity contribution in [1.82, 2.24) is 5.32 Å². The molecule has 0 heterocycles. The van der Waals surface area contributed by atoms with Crippen molar-refractivity contribution in [2.24, 2.45) is 0 Å². The lowest BCUT2D eigenvalue weighted by Crippen LogP contribution is -2.24. The molecule has 1 atom stereocenters. The second-order valence-electron chi connectivity index (χ2n) is 4.89. The molecule has 0 amide bonds. The molecule has 106 valence electrons. The van der Waals surface area contributed by atoms with E-state index in [9.17, 15) is 4.39 Å². The van der Waals surface area contributed by atoms with Crippen molar-refractivity contribution in [2.45, 2.75) is 25.8 Å². The summed E-state index contributed by atoms with van der Waals surface area (Å²) in [6.07, 6.45) is 1.87.